The zero-order valence-electron chi connectivity index (χ0n) is 24.6. The van der Waals surface area contributed by atoms with E-state index in [2.05, 4.69) is 16.0 Å². The molecule has 0 aromatic heterocycles. The summed E-state index contributed by atoms with van der Waals surface area (Å²) in [7, 11) is 1.26. The third-order valence-electron chi connectivity index (χ3n) is 7.54. The number of aliphatic hydroxyl groups is 7. The van der Waals surface area contributed by atoms with Gasteiger partial charge in [-0.2, -0.15) is 0 Å². The summed E-state index contributed by atoms with van der Waals surface area (Å²) in [6.07, 6.45) is -17.8. The molecule has 0 saturated carbocycles. The summed E-state index contributed by atoms with van der Waals surface area (Å²) < 4.78 is 34.0. The van der Waals surface area contributed by atoms with Gasteiger partial charge < -0.3 is 80.1 Å². The highest BCUT2D eigenvalue weighted by molar-refractivity contribution is 5.74. The van der Waals surface area contributed by atoms with Crippen molar-refractivity contribution in [1.29, 1.82) is 0 Å². The second-order valence-corrected chi connectivity index (χ2v) is 10.8. The van der Waals surface area contributed by atoms with Gasteiger partial charge in [0.25, 0.3) is 0 Å². The minimum atomic E-state index is -1.74. The van der Waals surface area contributed by atoms with Crippen LogP contribution in [0.25, 0.3) is 0 Å². The predicted octanol–water partition coefficient (Wildman–Crippen LogP) is -6.49. The van der Waals surface area contributed by atoms with E-state index in [1.54, 1.807) is 0 Å². The van der Waals surface area contributed by atoms with Crippen LogP contribution in [0.1, 0.15) is 20.8 Å². The maximum absolute atomic E-state index is 12.1. The molecular weight excluding hydrogens is 598 g/mol. The van der Waals surface area contributed by atoms with Gasteiger partial charge in [-0.3, -0.25) is 14.4 Å². The molecule has 0 bridgehead atoms. The average molecular weight is 642 g/mol. The van der Waals surface area contributed by atoms with E-state index in [4.69, 9.17) is 28.4 Å². The predicted molar refractivity (Wildman–Crippen MR) is 141 cm³/mol. The van der Waals surface area contributed by atoms with Crippen molar-refractivity contribution in [2.45, 2.75) is 113 Å². The van der Waals surface area contributed by atoms with E-state index in [9.17, 15) is 50.1 Å². The summed E-state index contributed by atoms with van der Waals surface area (Å²) in [5, 5.41) is 80.6. The van der Waals surface area contributed by atoms with Crippen molar-refractivity contribution < 1.29 is 78.6 Å². The van der Waals surface area contributed by atoms with Crippen molar-refractivity contribution in [3.8, 4) is 0 Å². The molecule has 254 valence electrons. The molecule has 4 unspecified atom stereocenters. The lowest BCUT2D eigenvalue weighted by molar-refractivity contribution is -0.352. The van der Waals surface area contributed by atoms with Crippen LogP contribution in [-0.4, -0.2) is 172 Å². The number of hydrogen-bond donors (Lipinski definition) is 10. The first-order valence-electron chi connectivity index (χ1n) is 13.9. The number of ether oxygens (including phenoxy) is 6. The van der Waals surface area contributed by atoms with Gasteiger partial charge in [0.2, 0.25) is 17.7 Å². The van der Waals surface area contributed by atoms with Crippen molar-refractivity contribution in [3.63, 3.8) is 0 Å². The molecule has 19 heteroatoms. The molecule has 0 aromatic rings. The Morgan fingerprint density at radius 1 is 0.591 bits per heavy atom. The van der Waals surface area contributed by atoms with Crippen molar-refractivity contribution >= 4 is 17.7 Å². The topological polar surface area (TPSA) is 284 Å². The van der Waals surface area contributed by atoms with Gasteiger partial charge in [0, 0.05) is 27.9 Å². The lowest BCUT2D eigenvalue weighted by Gasteiger charge is -2.50. The van der Waals surface area contributed by atoms with Gasteiger partial charge in [-0.25, -0.2) is 0 Å². The molecule has 3 fully saturated rings. The van der Waals surface area contributed by atoms with Crippen LogP contribution in [0.5, 0.6) is 0 Å². The lowest BCUT2D eigenvalue weighted by Crippen LogP contribution is -2.71. The van der Waals surface area contributed by atoms with E-state index in [0.29, 0.717) is 0 Å². The zero-order valence-corrected chi connectivity index (χ0v) is 24.6. The molecule has 3 rings (SSSR count). The summed E-state index contributed by atoms with van der Waals surface area (Å²) in [5.41, 5.74) is 0. The van der Waals surface area contributed by atoms with Crippen LogP contribution < -0.4 is 16.0 Å². The molecule has 19 nitrogen and oxygen atoms in total. The number of carbonyl (C=O) groups excluding carboxylic acids is 3. The van der Waals surface area contributed by atoms with E-state index in [-0.39, 0.29) is 0 Å². The van der Waals surface area contributed by atoms with Crippen LogP contribution in [-0.2, 0) is 42.8 Å². The Morgan fingerprint density at radius 3 is 1.32 bits per heavy atom. The molecule has 3 aliphatic heterocycles. The van der Waals surface area contributed by atoms with Crippen LogP contribution in [0.2, 0.25) is 0 Å². The van der Waals surface area contributed by atoms with Crippen molar-refractivity contribution in [2.24, 2.45) is 0 Å². The molecule has 44 heavy (non-hydrogen) atoms. The Morgan fingerprint density at radius 2 is 0.932 bits per heavy atom. The molecule has 3 aliphatic rings. The Bertz CT molecular complexity index is 978. The highest BCUT2D eigenvalue weighted by Gasteiger charge is 2.54. The van der Waals surface area contributed by atoms with E-state index in [1.807, 2.05) is 0 Å². The fraction of sp³-hybridized carbons (Fsp3) is 0.880. The molecule has 3 amide bonds. The minimum Gasteiger partial charge on any atom is -0.394 e. The summed E-state index contributed by atoms with van der Waals surface area (Å²) >= 11 is 0. The number of amides is 3. The molecule has 3 heterocycles. The van der Waals surface area contributed by atoms with E-state index < -0.39 is 129 Å². The molecule has 0 spiro atoms. The first-order valence-corrected chi connectivity index (χ1v) is 13.9. The summed E-state index contributed by atoms with van der Waals surface area (Å²) in [4.78, 5) is 35.7. The fourth-order valence-electron chi connectivity index (χ4n) is 5.55. The van der Waals surface area contributed by atoms with E-state index in [0.717, 1.165) is 13.8 Å². The molecule has 3 saturated heterocycles. The van der Waals surface area contributed by atoms with Crippen LogP contribution in [0, 0.1) is 0 Å². The maximum Gasteiger partial charge on any atom is 0.217 e. The van der Waals surface area contributed by atoms with Gasteiger partial charge in [0.05, 0.1) is 19.8 Å². The van der Waals surface area contributed by atoms with Gasteiger partial charge in [0.1, 0.15) is 73.1 Å². The van der Waals surface area contributed by atoms with Crippen molar-refractivity contribution in [3.05, 3.63) is 0 Å². The zero-order chi connectivity index (χ0) is 32.9. The fourth-order valence-corrected chi connectivity index (χ4v) is 5.55. The van der Waals surface area contributed by atoms with Gasteiger partial charge in [-0.1, -0.05) is 0 Å². The number of methoxy groups -OCH3 is 1. The van der Waals surface area contributed by atoms with Gasteiger partial charge in [-0.15, -0.1) is 0 Å². The van der Waals surface area contributed by atoms with Crippen LogP contribution in [0.3, 0.4) is 0 Å². The largest absolute Gasteiger partial charge is 0.394 e. The van der Waals surface area contributed by atoms with Crippen LogP contribution >= 0.6 is 0 Å². The summed E-state index contributed by atoms with van der Waals surface area (Å²) in [6.45, 7) is 1.24. The molecule has 0 aromatic carbocycles. The second-order valence-electron chi connectivity index (χ2n) is 10.8. The monoisotopic (exact) mass is 641 g/mol. The SMILES string of the molecule is CO[C@@H]1C(CO)O[C@@H](O[C@H]2C(O)C(NC(C)=O)[C@H](O[C@@H]3C(CO)O[C@@H](O)[C@H](NC(C)=O)[C@H]3O)O[C@@H]2CO)[C@H](NC(C)=O)[C@H]1O. The minimum absolute atomic E-state index is 0.582. The average Bonchev–Trinajstić information content (AvgIpc) is 2.96. The number of carbonyl (C=O) groups is 3. The van der Waals surface area contributed by atoms with Gasteiger partial charge in [0.15, 0.2) is 18.9 Å². The Hall–Kier alpha value is -2.11. The Labute approximate surface area is 252 Å². The van der Waals surface area contributed by atoms with E-state index >= 15 is 0 Å². The van der Waals surface area contributed by atoms with Gasteiger partial charge in [-0.05, 0) is 0 Å². The van der Waals surface area contributed by atoms with E-state index in [1.165, 1.54) is 14.0 Å². The molecule has 10 N–H and O–H groups in total. The molecule has 15 atom stereocenters. The molecule has 0 radical (unpaired) electrons. The van der Waals surface area contributed by atoms with Crippen LogP contribution in [0.4, 0.5) is 0 Å². The molecular formula is C25H43N3O16. The first-order chi connectivity index (χ1) is 20.8. The molecule has 0 aliphatic carbocycles. The Balaban J connectivity index is 1.90. The number of aliphatic hydroxyl groups excluding tert-OH is 7. The van der Waals surface area contributed by atoms with Crippen molar-refractivity contribution in [2.75, 3.05) is 26.9 Å². The normalized spacial score (nSPS) is 42.8. The smallest absolute Gasteiger partial charge is 0.217 e. The van der Waals surface area contributed by atoms with Crippen LogP contribution in [0.15, 0.2) is 0 Å². The standard InChI is InChI=1S/C25H43N3O16/c1-8(32)26-14-17(35)21(12(6-30)40-23(14)38)43-25-16(28-10(3)34)19(37)22(13(7-31)42-25)44-24-15(27-9(2)33)18(36)20(39-4)11(5-29)41-24/h11-25,29-31,35-38H,5-7H2,1-4H3,(H,26,32)(H,27,33)(H,28,34)/t11?,12?,13-,14-,15-,16?,17-,18-,19?,20-,21-,22-,23-,24+,25+/m1/s1. The number of rotatable bonds is 11. The third kappa shape index (κ3) is 8.18. The second kappa shape index (κ2) is 15.9. The highest BCUT2D eigenvalue weighted by atomic mass is 16.7. The highest BCUT2D eigenvalue weighted by Crippen LogP contribution is 2.32. The first kappa shape index (κ1) is 36.4. The lowest BCUT2D eigenvalue weighted by atomic mass is 9.93. The number of hydrogen-bond acceptors (Lipinski definition) is 16. The summed E-state index contributed by atoms with van der Waals surface area (Å²) in [6, 6.07) is -4.14. The maximum atomic E-state index is 12.1. The summed E-state index contributed by atoms with van der Waals surface area (Å²) in [5.74, 6) is -1.87. The quantitative estimate of drug-likeness (QED) is 0.100. The third-order valence-corrected chi connectivity index (χ3v) is 7.54. The van der Waals surface area contributed by atoms with Gasteiger partial charge >= 0.3 is 0 Å². The van der Waals surface area contributed by atoms with Crippen molar-refractivity contribution in [1.82, 2.24) is 16.0 Å². The Kier molecular flexibility index (Phi) is 13.2. The number of nitrogens with one attached hydrogen (secondary N) is 3.